The zero-order valence-electron chi connectivity index (χ0n) is 13.1. The van der Waals surface area contributed by atoms with Crippen LogP contribution in [0.2, 0.25) is 0 Å². The second kappa shape index (κ2) is 8.24. The lowest BCUT2D eigenvalue weighted by molar-refractivity contribution is -0.384. The second-order valence-electron chi connectivity index (χ2n) is 4.64. The number of ether oxygens (including phenoxy) is 1. The van der Waals surface area contributed by atoms with E-state index in [1.165, 1.54) is 43.9 Å². The maximum absolute atomic E-state index is 11.6. The monoisotopic (exact) mass is 346 g/mol. The number of non-ortho nitro benzene ring substituents is 1. The number of nitro groups is 1. The maximum Gasteiger partial charge on any atom is 0.287 e. The highest BCUT2D eigenvalue weighted by molar-refractivity contribution is 5.94. The predicted molar refractivity (Wildman–Crippen MR) is 86.4 cm³/mol. The topological polar surface area (TPSA) is 136 Å². The zero-order valence-corrected chi connectivity index (χ0v) is 13.1. The van der Waals surface area contributed by atoms with Gasteiger partial charge >= 0.3 is 0 Å². The van der Waals surface area contributed by atoms with E-state index in [9.17, 15) is 19.7 Å². The number of nitrogens with one attached hydrogen (secondary N) is 2. The molecule has 0 spiro atoms. The fourth-order valence-corrected chi connectivity index (χ4v) is 1.80. The lowest BCUT2D eigenvalue weighted by Gasteiger charge is -2.04. The van der Waals surface area contributed by atoms with E-state index in [-0.39, 0.29) is 18.0 Å². The smallest absolute Gasteiger partial charge is 0.287 e. The molecule has 10 nitrogen and oxygen atoms in total. The molecule has 10 heteroatoms. The van der Waals surface area contributed by atoms with Gasteiger partial charge in [-0.05, 0) is 18.2 Å². The summed E-state index contributed by atoms with van der Waals surface area (Å²) in [5, 5.41) is 16.8. The molecule has 1 aromatic heterocycles. The molecule has 0 fully saturated rings. The van der Waals surface area contributed by atoms with Gasteiger partial charge in [-0.15, -0.1) is 0 Å². The number of hydrazone groups is 1. The number of carbonyl (C=O) groups is 2. The van der Waals surface area contributed by atoms with Crippen LogP contribution in [-0.4, -0.2) is 36.6 Å². The summed E-state index contributed by atoms with van der Waals surface area (Å²) >= 11 is 0. The standard InChI is InChI=1S/C15H14N4O6/c1-24-12-5-4-11(19(22)23)7-10(12)8-17-18-14(20)9-16-15(21)13-3-2-6-25-13/h2-8H,9H2,1H3,(H,16,21)(H,18,20)/b17-8+. The molecular formula is C15H14N4O6. The van der Waals surface area contributed by atoms with E-state index in [1.54, 1.807) is 6.07 Å². The molecule has 0 saturated heterocycles. The van der Waals surface area contributed by atoms with Crippen LogP contribution in [-0.2, 0) is 4.79 Å². The van der Waals surface area contributed by atoms with Crippen LogP contribution < -0.4 is 15.5 Å². The number of hydrogen-bond donors (Lipinski definition) is 2. The summed E-state index contributed by atoms with van der Waals surface area (Å²) in [7, 11) is 1.40. The second-order valence-corrected chi connectivity index (χ2v) is 4.64. The van der Waals surface area contributed by atoms with Crippen molar-refractivity contribution in [2.24, 2.45) is 5.10 Å². The van der Waals surface area contributed by atoms with Gasteiger partial charge in [0.2, 0.25) is 0 Å². The van der Waals surface area contributed by atoms with Crippen LogP contribution in [0.3, 0.4) is 0 Å². The molecule has 25 heavy (non-hydrogen) atoms. The van der Waals surface area contributed by atoms with Gasteiger partial charge in [0.1, 0.15) is 5.75 Å². The fraction of sp³-hybridized carbons (Fsp3) is 0.133. The van der Waals surface area contributed by atoms with Crippen molar-refractivity contribution in [1.82, 2.24) is 10.7 Å². The van der Waals surface area contributed by atoms with Crippen LogP contribution in [0.5, 0.6) is 5.75 Å². The van der Waals surface area contributed by atoms with Gasteiger partial charge in [0.25, 0.3) is 17.5 Å². The Morgan fingerprint density at radius 2 is 2.20 bits per heavy atom. The van der Waals surface area contributed by atoms with Gasteiger partial charge in [-0.3, -0.25) is 19.7 Å². The Labute approximate surface area is 141 Å². The van der Waals surface area contributed by atoms with Gasteiger partial charge in [0.15, 0.2) is 5.76 Å². The first-order chi connectivity index (χ1) is 12.0. The predicted octanol–water partition coefficient (Wildman–Crippen LogP) is 1.08. The molecular weight excluding hydrogens is 332 g/mol. The summed E-state index contributed by atoms with van der Waals surface area (Å²) in [4.78, 5) is 33.4. The highest BCUT2D eigenvalue weighted by Gasteiger charge is 2.11. The van der Waals surface area contributed by atoms with Crippen LogP contribution in [0, 0.1) is 10.1 Å². The van der Waals surface area contributed by atoms with E-state index < -0.39 is 16.7 Å². The van der Waals surface area contributed by atoms with Crippen molar-refractivity contribution >= 4 is 23.7 Å². The fourth-order valence-electron chi connectivity index (χ4n) is 1.80. The largest absolute Gasteiger partial charge is 0.496 e. The average molecular weight is 346 g/mol. The van der Waals surface area contributed by atoms with E-state index in [1.807, 2.05) is 0 Å². The molecule has 1 aromatic carbocycles. The van der Waals surface area contributed by atoms with Gasteiger partial charge in [-0.1, -0.05) is 0 Å². The molecule has 1 heterocycles. The third-order valence-electron chi connectivity index (χ3n) is 2.97. The Morgan fingerprint density at radius 3 is 2.84 bits per heavy atom. The summed E-state index contributed by atoms with van der Waals surface area (Å²) in [5.74, 6) is -0.683. The molecule has 0 aliphatic carbocycles. The minimum atomic E-state index is -0.583. The summed E-state index contributed by atoms with van der Waals surface area (Å²) < 4.78 is 9.94. The molecule has 0 aliphatic heterocycles. The Hall–Kier alpha value is -3.69. The minimum absolute atomic E-state index is 0.0811. The first-order valence-corrected chi connectivity index (χ1v) is 6.97. The van der Waals surface area contributed by atoms with E-state index in [0.717, 1.165) is 0 Å². The lowest BCUT2D eigenvalue weighted by Crippen LogP contribution is -2.34. The first-order valence-electron chi connectivity index (χ1n) is 6.97. The molecule has 0 unspecified atom stereocenters. The number of hydrogen-bond acceptors (Lipinski definition) is 7. The highest BCUT2D eigenvalue weighted by Crippen LogP contribution is 2.22. The first kappa shape index (κ1) is 17.7. The van der Waals surface area contributed by atoms with E-state index >= 15 is 0 Å². The zero-order chi connectivity index (χ0) is 18.2. The SMILES string of the molecule is COc1ccc([N+](=O)[O-])cc1/C=N/NC(=O)CNC(=O)c1ccco1. The highest BCUT2D eigenvalue weighted by atomic mass is 16.6. The van der Waals surface area contributed by atoms with Gasteiger partial charge in [-0.25, -0.2) is 5.43 Å². The van der Waals surface area contributed by atoms with Gasteiger partial charge in [-0.2, -0.15) is 5.10 Å². The van der Waals surface area contributed by atoms with Gasteiger partial charge < -0.3 is 14.5 Å². The molecule has 2 amide bonds. The molecule has 2 N–H and O–H groups in total. The number of carbonyl (C=O) groups excluding carboxylic acids is 2. The van der Waals surface area contributed by atoms with Crippen LogP contribution in [0.4, 0.5) is 5.69 Å². The van der Waals surface area contributed by atoms with Crippen molar-refractivity contribution < 1.29 is 23.7 Å². The quantitative estimate of drug-likeness (QED) is 0.437. The van der Waals surface area contributed by atoms with E-state index in [4.69, 9.17) is 9.15 Å². The Balaban J connectivity index is 1.91. The normalized spacial score (nSPS) is 10.4. The summed E-state index contributed by atoms with van der Waals surface area (Å²) in [6.45, 7) is -0.317. The van der Waals surface area contributed by atoms with Crippen molar-refractivity contribution in [2.45, 2.75) is 0 Å². The van der Waals surface area contributed by atoms with Crippen LogP contribution in [0.25, 0.3) is 0 Å². The van der Waals surface area contributed by atoms with Crippen LogP contribution in [0.15, 0.2) is 46.1 Å². The number of benzene rings is 1. The maximum atomic E-state index is 11.6. The van der Waals surface area contributed by atoms with Crippen molar-refractivity contribution in [3.63, 3.8) is 0 Å². The molecule has 0 aliphatic rings. The molecule has 2 rings (SSSR count). The van der Waals surface area contributed by atoms with Crippen molar-refractivity contribution in [3.05, 3.63) is 58.0 Å². The summed E-state index contributed by atoms with van der Waals surface area (Å²) in [5.41, 5.74) is 2.37. The third-order valence-corrected chi connectivity index (χ3v) is 2.97. The van der Waals surface area contributed by atoms with Gasteiger partial charge in [0, 0.05) is 17.7 Å². The molecule has 0 atom stereocenters. The third kappa shape index (κ3) is 4.89. The lowest BCUT2D eigenvalue weighted by atomic mass is 10.2. The summed E-state index contributed by atoms with van der Waals surface area (Å²) in [6, 6.07) is 6.97. The Bertz CT molecular complexity index is 800. The van der Waals surface area contributed by atoms with Crippen molar-refractivity contribution in [2.75, 3.05) is 13.7 Å². The number of furan rings is 1. The van der Waals surface area contributed by atoms with Crippen LogP contribution in [0.1, 0.15) is 16.1 Å². The summed E-state index contributed by atoms with van der Waals surface area (Å²) in [6.07, 6.45) is 2.55. The number of nitro benzene ring substituents is 1. The Morgan fingerprint density at radius 1 is 1.40 bits per heavy atom. The van der Waals surface area contributed by atoms with Crippen molar-refractivity contribution in [3.8, 4) is 5.75 Å². The molecule has 130 valence electrons. The van der Waals surface area contributed by atoms with Gasteiger partial charge in [0.05, 0.1) is 31.1 Å². The molecule has 0 saturated carbocycles. The molecule has 0 radical (unpaired) electrons. The average Bonchev–Trinajstić information content (AvgIpc) is 3.14. The molecule has 0 bridgehead atoms. The number of amides is 2. The number of nitrogens with zero attached hydrogens (tertiary/aromatic N) is 2. The van der Waals surface area contributed by atoms with E-state index in [2.05, 4.69) is 15.8 Å². The molecule has 2 aromatic rings. The van der Waals surface area contributed by atoms with E-state index in [0.29, 0.717) is 11.3 Å². The number of rotatable bonds is 7. The van der Waals surface area contributed by atoms with Crippen molar-refractivity contribution in [1.29, 1.82) is 0 Å². The number of methoxy groups -OCH3 is 1. The minimum Gasteiger partial charge on any atom is -0.496 e. The Kier molecular flexibility index (Phi) is 5.82. The van der Waals surface area contributed by atoms with Crippen LogP contribution >= 0.6 is 0 Å².